The van der Waals surface area contributed by atoms with E-state index in [-0.39, 0.29) is 31.1 Å². The van der Waals surface area contributed by atoms with E-state index in [0.29, 0.717) is 19.3 Å². The molecule has 0 aromatic heterocycles. The summed E-state index contributed by atoms with van der Waals surface area (Å²) >= 11 is 0. The van der Waals surface area contributed by atoms with Crippen LogP contribution in [0.3, 0.4) is 0 Å². The Morgan fingerprint density at radius 2 is 0.614 bits per heavy atom. The standard InChI is InChI=1S/C51H98O6/c1-7-47(6)39-33-27-21-14-12-10-8-9-11-13-15-23-30-36-42-51(54)57-48(44-56-50(53)41-35-29-24-18-20-26-32-38-46(4)5)43-55-49(52)40-34-28-22-17-16-19-25-31-37-45(2)3/h45-48H,7-44H2,1-6H3/t47?,48-/m1/s1. The second-order valence-electron chi connectivity index (χ2n) is 18.6. The van der Waals surface area contributed by atoms with Crippen molar-refractivity contribution in [2.75, 3.05) is 13.2 Å². The van der Waals surface area contributed by atoms with Crippen LogP contribution in [0.5, 0.6) is 0 Å². The average molecular weight is 807 g/mol. The van der Waals surface area contributed by atoms with Gasteiger partial charge in [-0.15, -0.1) is 0 Å². The van der Waals surface area contributed by atoms with Crippen LogP contribution in [0.25, 0.3) is 0 Å². The first-order chi connectivity index (χ1) is 27.6. The minimum absolute atomic E-state index is 0.0660. The highest BCUT2D eigenvalue weighted by molar-refractivity contribution is 5.71. The van der Waals surface area contributed by atoms with Gasteiger partial charge in [-0.05, 0) is 37.0 Å². The van der Waals surface area contributed by atoms with Gasteiger partial charge < -0.3 is 14.2 Å². The quantitative estimate of drug-likeness (QED) is 0.0347. The number of hydrogen-bond acceptors (Lipinski definition) is 6. The molecule has 0 aromatic carbocycles. The molecule has 0 spiro atoms. The first kappa shape index (κ1) is 55.4. The molecule has 0 saturated carbocycles. The molecule has 0 fully saturated rings. The maximum absolute atomic E-state index is 12.8. The van der Waals surface area contributed by atoms with E-state index in [2.05, 4.69) is 41.5 Å². The SMILES string of the molecule is CCC(C)CCCCCCCCCCCCCCCCC(=O)O[C@H](COC(=O)CCCCCCCCCCC(C)C)COC(=O)CCCCCCCCCC(C)C. The lowest BCUT2D eigenvalue weighted by atomic mass is 9.99. The second kappa shape index (κ2) is 42.5. The van der Waals surface area contributed by atoms with Crippen LogP contribution in [0.2, 0.25) is 0 Å². The van der Waals surface area contributed by atoms with Crippen molar-refractivity contribution in [2.45, 2.75) is 279 Å². The maximum atomic E-state index is 12.8. The van der Waals surface area contributed by atoms with Gasteiger partial charge in [-0.1, -0.05) is 234 Å². The molecule has 338 valence electrons. The van der Waals surface area contributed by atoms with Crippen molar-refractivity contribution >= 4 is 17.9 Å². The van der Waals surface area contributed by atoms with Crippen LogP contribution in [0.15, 0.2) is 0 Å². The van der Waals surface area contributed by atoms with Crippen LogP contribution in [0.4, 0.5) is 0 Å². The van der Waals surface area contributed by atoms with Crippen LogP contribution in [-0.2, 0) is 28.6 Å². The number of rotatable bonds is 44. The van der Waals surface area contributed by atoms with E-state index < -0.39 is 6.10 Å². The molecule has 0 aromatic rings. The number of hydrogen-bond donors (Lipinski definition) is 0. The van der Waals surface area contributed by atoms with Gasteiger partial charge in [0.05, 0.1) is 0 Å². The first-order valence-corrected chi connectivity index (χ1v) is 25.1. The largest absolute Gasteiger partial charge is 0.462 e. The molecule has 0 aliphatic carbocycles. The highest BCUT2D eigenvalue weighted by Crippen LogP contribution is 2.18. The first-order valence-electron chi connectivity index (χ1n) is 25.1. The normalized spacial score (nSPS) is 12.6. The van der Waals surface area contributed by atoms with Crippen LogP contribution >= 0.6 is 0 Å². The van der Waals surface area contributed by atoms with Gasteiger partial charge in [0.1, 0.15) is 13.2 Å². The van der Waals surface area contributed by atoms with Gasteiger partial charge in [-0.2, -0.15) is 0 Å². The van der Waals surface area contributed by atoms with Crippen molar-refractivity contribution < 1.29 is 28.6 Å². The highest BCUT2D eigenvalue weighted by atomic mass is 16.6. The zero-order valence-electron chi connectivity index (χ0n) is 39.1. The predicted octanol–water partition coefficient (Wildman–Crippen LogP) is 16.0. The zero-order valence-corrected chi connectivity index (χ0v) is 39.1. The third kappa shape index (κ3) is 43.8. The predicted molar refractivity (Wildman–Crippen MR) is 243 cm³/mol. The number of unbranched alkanes of at least 4 members (excludes halogenated alkanes) is 26. The van der Waals surface area contributed by atoms with Gasteiger partial charge in [0.2, 0.25) is 0 Å². The Morgan fingerprint density at radius 3 is 0.912 bits per heavy atom. The fourth-order valence-corrected chi connectivity index (χ4v) is 7.55. The smallest absolute Gasteiger partial charge is 0.306 e. The lowest BCUT2D eigenvalue weighted by Crippen LogP contribution is -2.30. The van der Waals surface area contributed by atoms with Crippen molar-refractivity contribution in [3.63, 3.8) is 0 Å². The van der Waals surface area contributed by atoms with Gasteiger partial charge in [-0.3, -0.25) is 14.4 Å². The number of ether oxygens (including phenoxy) is 3. The average Bonchev–Trinajstić information content (AvgIpc) is 3.18. The number of carbonyl (C=O) groups excluding carboxylic acids is 3. The van der Waals surface area contributed by atoms with E-state index >= 15 is 0 Å². The van der Waals surface area contributed by atoms with Crippen LogP contribution in [0.1, 0.15) is 273 Å². The Kier molecular flexibility index (Phi) is 41.3. The summed E-state index contributed by atoms with van der Waals surface area (Å²) in [6.45, 7) is 13.7. The molecular weight excluding hydrogens is 709 g/mol. The fourth-order valence-electron chi connectivity index (χ4n) is 7.55. The minimum atomic E-state index is -0.762. The van der Waals surface area contributed by atoms with Gasteiger partial charge in [-0.25, -0.2) is 0 Å². The molecule has 0 rings (SSSR count). The van der Waals surface area contributed by atoms with Crippen LogP contribution < -0.4 is 0 Å². The third-order valence-electron chi connectivity index (χ3n) is 11.8. The summed E-state index contributed by atoms with van der Waals surface area (Å²) in [5.41, 5.74) is 0. The molecule has 0 N–H and O–H groups in total. The second-order valence-corrected chi connectivity index (χ2v) is 18.6. The Balaban J connectivity index is 4.28. The number of esters is 3. The molecule has 0 bridgehead atoms. The van der Waals surface area contributed by atoms with Gasteiger partial charge >= 0.3 is 17.9 Å². The molecule has 0 radical (unpaired) electrons. The molecule has 0 aliphatic rings. The van der Waals surface area contributed by atoms with Crippen molar-refractivity contribution in [1.82, 2.24) is 0 Å². The monoisotopic (exact) mass is 807 g/mol. The number of carbonyl (C=O) groups is 3. The van der Waals surface area contributed by atoms with Crippen molar-refractivity contribution in [3.05, 3.63) is 0 Å². The summed E-state index contributed by atoms with van der Waals surface area (Å²) in [5, 5.41) is 0. The summed E-state index contributed by atoms with van der Waals surface area (Å²) in [6.07, 6.45) is 41.0. The van der Waals surface area contributed by atoms with E-state index in [1.54, 1.807) is 0 Å². The molecule has 0 heterocycles. The fraction of sp³-hybridized carbons (Fsp3) is 0.941. The topological polar surface area (TPSA) is 78.9 Å². The third-order valence-corrected chi connectivity index (χ3v) is 11.8. The summed E-state index contributed by atoms with van der Waals surface area (Å²) in [7, 11) is 0. The van der Waals surface area contributed by atoms with Crippen LogP contribution in [0, 0.1) is 17.8 Å². The van der Waals surface area contributed by atoms with Crippen molar-refractivity contribution in [2.24, 2.45) is 17.8 Å². The molecule has 6 nitrogen and oxygen atoms in total. The molecule has 6 heteroatoms. The molecule has 57 heavy (non-hydrogen) atoms. The molecular formula is C51H98O6. The minimum Gasteiger partial charge on any atom is -0.462 e. The van der Waals surface area contributed by atoms with Gasteiger partial charge in [0.25, 0.3) is 0 Å². The molecule has 0 amide bonds. The van der Waals surface area contributed by atoms with Gasteiger partial charge in [0, 0.05) is 19.3 Å². The summed E-state index contributed by atoms with van der Waals surface area (Å²) in [6, 6.07) is 0. The summed E-state index contributed by atoms with van der Waals surface area (Å²) in [5.74, 6) is 1.61. The van der Waals surface area contributed by atoms with E-state index in [0.717, 1.165) is 75.5 Å². The van der Waals surface area contributed by atoms with Crippen LogP contribution in [-0.4, -0.2) is 37.2 Å². The highest BCUT2D eigenvalue weighted by Gasteiger charge is 2.19. The summed E-state index contributed by atoms with van der Waals surface area (Å²) in [4.78, 5) is 37.8. The van der Waals surface area contributed by atoms with E-state index in [9.17, 15) is 14.4 Å². The summed E-state index contributed by atoms with van der Waals surface area (Å²) < 4.78 is 16.8. The lowest BCUT2D eigenvalue weighted by molar-refractivity contribution is -0.167. The van der Waals surface area contributed by atoms with Crippen molar-refractivity contribution in [1.29, 1.82) is 0 Å². The molecule has 1 unspecified atom stereocenters. The van der Waals surface area contributed by atoms with E-state index in [1.165, 1.54) is 154 Å². The van der Waals surface area contributed by atoms with Gasteiger partial charge in [0.15, 0.2) is 6.10 Å². The molecule has 0 aliphatic heterocycles. The van der Waals surface area contributed by atoms with E-state index in [4.69, 9.17) is 14.2 Å². The lowest BCUT2D eigenvalue weighted by Gasteiger charge is -2.18. The molecule has 0 saturated heterocycles. The Hall–Kier alpha value is -1.59. The van der Waals surface area contributed by atoms with E-state index in [1.807, 2.05) is 0 Å². The maximum Gasteiger partial charge on any atom is 0.306 e. The van der Waals surface area contributed by atoms with Crippen molar-refractivity contribution in [3.8, 4) is 0 Å². The Labute approximate surface area is 355 Å². The Morgan fingerprint density at radius 1 is 0.351 bits per heavy atom. The zero-order chi connectivity index (χ0) is 42.0. The molecule has 2 atom stereocenters. The Bertz CT molecular complexity index is 885.